The van der Waals surface area contributed by atoms with Gasteiger partial charge in [-0.05, 0) is 31.4 Å². The standard InChI is InChI=1S/C13H14F2N2OS/c1-7-5-8(10(15)6-9(7)14)13(18)17-4-2-3-11(17)12(16)19/h5-6,11H,2-4H2,1H3,(H2,16,19). The van der Waals surface area contributed by atoms with Crippen molar-refractivity contribution in [2.45, 2.75) is 25.8 Å². The fourth-order valence-electron chi connectivity index (χ4n) is 2.28. The Morgan fingerprint density at radius 3 is 2.74 bits per heavy atom. The number of hydrogen-bond acceptors (Lipinski definition) is 2. The maximum Gasteiger partial charge on any atom is 0.257 e. The van der Waals surface area contributed by atoms with E-state index in [1.54, 1.807) is 0 Å². The number of carbonyl (C=O) groups is 1. The van der Waals surface area contributed by atoms with Crippen molar-refractivity contribution >= 4 is 23.1 Å². The van der Waals surface area contributed by atoms with Gasteiger partial charge in [0.1, 0.15) is 11.6 Å². The average molecular weight is 284 g/mol. The third kappa shape index (κ3) is 2.58. The second-order valence-electron chi connectivity index (χ2n) is 4.64. The van der Waals surface area contributed by atoms with Crippen LogP contribution in [0.5, 0.6) is 0 Å². The molecule has 6 heteroatoms. The van der Waals surface area contributed by atoms with Gasteiger partial charge in [0.15, 0.2) is 0 Å². The summed E-state index contributed by atoms with van der Waals surface area (Å²) >= 11 is 4.91. The molecule has 1 aromatic rings. The topological polar surface area (TPSA) is 46.3 Å². The molecule has 1 aliphatic rings. The van der Waals surface area contributed by atoms with E-state index in [2.05, 4.69) is 0 Å². The zero-order chi connectivity index (χ0) is 14.2. The van der Waals surface area contributed by atoms with Crippen LogP contribution in [-0.4, -0.2) is 28.4 Å². The first-order valence-corrected chi connectivity index (χ1v) is 6.38. The maximum absolute atomic E-state index is 13.7. The summed E-state index contributed by atoms with van der Waals surface area (Å²) in [5, 5.41) is 0. The van der Waals surface area contributed by atoms with Crippen LogP contribution in [0.25, 0.3) is 0 Å². The van der Waals surface area contributed by atoms with Crippen molar-refractivity contribution in [1.29, 1.82) is 0 Å². The molecule has 1 unspecified atom stereocenters. The third-order valence-electron chi connectivity index (χ3n) is 3.32. The Hall–Kier alpha value is -1.56. The van der Waals surface area contributed by atoms with Crippen molar-refractivity contribution < 1.29 is 13.6 Å². The summed E-state index contributed by atoms with van der Waals surface area (Å²) in [7, 11) is 0. The number of benzene rings is 1. The van der Waals surface area contributed by atoms with Crippen LogP contribution in [0.4, 0.5) is 8.78 Å². The number of rotatable bonds is 2. The molecule has 1 fully saturated rings. The maximum atomic E-state index is 13.7. The number of nitrogens with two attached hydrogens (primary N) is 1. The summed E-state index contributed by atoms with van der Waals surface area (Å²) < 4.78 is 26.9. The zero-order valence-electron chi connectivity index (χ0n) is 10.5. The van der Waals surface area contributed by atoms with Gasteiger partial charge in [0.05, 0.1) is 16.6 Å². The van der Waals surface area contributed by atoms with E-state index in [4.69, 9.17) is 18.0 Å². The molecule has 0 spiro atoms. The van der Waals surface area contributed by atoms with Crippen LogP contribution in [0.3, 0.4) is 0 Å². The van der Waals surface area contributed by atoms with Gasteiger partial charge in [0.2, 0.25) is 0 Å². The van der Waals surface area contributed by atoms with Gasteiger partial charge in [-0.15, -0.1) is 0 Å². The number of aryl methyl sites for hydroxylation is 1. The van der Waals surface area contributed by atoms with Crippen molar-refractivity contribution in [2.24, 2.45) is 5.73 Å². The van der Waals surface area contributed by atoms with Gasteiger partial charge in [-0.2, -0.15) is 0 Å². The SMILES string of the molecule is Cc1cc(C(=O)N2CCCC2C(N)=S)c(F)cc1F. The van der Waals surface area contributed by atoms with Crippen molar-refractivity contribution in [3.8, 4) is 0 Å². The molecule has 2 N–H and O–H groups in total. The molecular weight excluding hydrogens is 270 g/mol. The third-order valence-corrected chi connectivity index (χ3v) is 3.59. The minimum atomic E-state index is -0.860. The highest BCUT2D eigenvalue weighted by atomic mass is 32.1. The highest BCUT2D eigenvalue weighted by Crippen LogP contribution is 2.23. The van der Waals surface area contributed by atoms with Crippen LogP contribution in [0.15, 0.2) is 12.1 Å². The lowest BCUT2D eigenvalue weighted by atomic mass is 10.1. The van der Waals surface area contributed by atoms with Crippen LogP contribution in [0.2, 0.25) is 0 Å². The predicted octanol–water partition coefficient (Wildman–Crippen LogP) is 2.16. The van der Waals surface area contributed by atoms with Gasteiger partial charge >= 0.3 is 0 Å². The van der Waals surface area contributed by atoms with Crippen LogP contribution < -0.4 is 5.73 Å². The summed E-state index contributed by atoms with van der Waals surface area (Å²) in [4.78, 5) is 14.0. The molecule has 1 aromatic carbocycles. The molecule has 0 radical (unpaired) electrons. The minimum absolute atomic E-state index is 0.137. The Morgan fingerprint density at radius 1 is 1.42 bits per heavy atom. The quantitative estimate of drug-likeness (QED) is 0.847. The van der Waals surface area contributed by atoms with Gasteiger partial charge in [0.25, 0.3) is 5.91 Å². The van der Waals surface area contributed by atoms with E-state index >= 15 is 0 Å². The molecule has 0 saturated carbocycles. The molecule has 19 heavy (non-hydrogen) atoms. The molecular formula is C13H14F2N2OS. The normalized spacial score (nSPS) is 18.7. The number of thiocarbonyl (C=S) groups is 1. The Labute approximate surface area is 115 Å². The first kappa shape index (κ1) is 13.9. The molecule has 1 aliphatic heterocycles. The lowest BCUT2D eigenvalue weighted by Gasteiger charge is -2.24. The molecule has 1 amide bonds. The Kier molecular flexibility index (Phi) is 3.80. The molecule has 0 bridgehead atoms. The Morgan fingerprint density at radius 2 is 2.11 bits per heavy atom. The number of halogens is 2. The number of amides is 1. The lowest BCUT2D eigenvalue weighted by Crippen LogP contribution is -2.43. The van der Waals surface area contributed by atoms with Crippen LogP contribution in [0.1, 0.15) is 28.8 Å². The van der Waals surface area contributed by atoms with Crippen molar-refractivity contribution in [3.63, 3.8) is 0 Å². The Balaban J connectivity index is 2.34. The van der Waals surface area contributed by atoms with Gasteiger partial charge in [-0.25, -0.2) is 8.78 Å². The summed E-state index contributed by atoms with van der Waals surface area (Å²) in [5.74, 6) is -2.01. The first-order valence-electron chi connectivity index (χ1n) is 5.97. The first-order chi connectivity index (χ1) is 8.91. The van der Waals surface area contributed by atoms with Crippen molar-refractivity contribution in [3.05, 3.63) is 34.9 Å². The summed E-state index contributed by atoms with van der Waals surface area (Å²) in [6.45, 7) is 1.97. The average Bonchev–Trinajstić information content (AvgIpc) is 2.82. The highest BCUT2D eigenvalue weighted by molar-refractivity contribution is 7.80. The van der Waals surface area contributed by atoms with Crippen molar-refractivity contribution in [2.75, 3.05) is 6.54 Å². The van der Waals surface area contributed by atoms with Gasteiger partial charge in [-0.1, -0.05) is 12.2 Å². The molecule has 102 valence electrons. The smallest absolute Gasteiger partial charge is 0.257 e. The lowest BCUT2D eigenvalue weighted by molar-refractivity contribution is 0.0765. The summed E-state index contributed by atoms with van der Waals surface area (Å²) in [6.07, 6.45) is 1.46. The second-order valence-corrected chi connectivity index (χ2v) is 5.11. The fourth-order valence-corrected chi connectivity index (χ4v) is 2.53. The molecule has 2 rings (SSSR count). The van der Waals surface area contributed by atoms with Crippen LogP contribution >= 0.6 is 12.2 Å². The van der Waals surface area contributed by atoms with E-state index in [0.717, 1.165) is 12.5 Å². The van der Waals surface area contributed by atoms with Gasteiger partial charge < -0.3 is 10.6 Å². The molecule has 3 nitrogen and oxygen atoms in total. The van der Waals surface area contributed by atoms with Crippen molar-refractivity contribution in [1.82, 2.24) is 4.90 Å². The second kappa shape index (κ2) is 5.21. The van der Waals surface area contributed by atoms with E-state index < -0.39 is 17.5 Å². The van der Waals surface area contributed by atoms with Gasteiger partial charge in [0, 0.05) is 12.6 Å². The van der Waals surface area contributed by atoms with E-state index in [-0.39, 0.29) is 22.2 Å². The van der Waals surface area contributed by atoms with Crippen LogP contribution in [-0.2, 0) is 0 Å². The number of carbonyl (C=O) groups excluding carboxylic acids is 1. The van der Waals surface area contributed by atoms with E-state index in [0.29, 0.717) is 13.0 Å². The zero-order valence-corrected chi connectivity index (χ0v) is 11.3. The summed E-state index contributed by atoms with van der Waals surface area (Å²) in [5.41, 5.74) is 5.68. The summed E-state index contributed by atoms with van der Waals surface area (Å²) in [6, 6.07) is 1.61. The minimum Gasteiger partial charge on any atom is -0.392 e. The monoisotopic (exact) mass is 284 g/mol. The molecule has 1 atom stereocenters. The number of likely N-dealkylation sites (tertiary alicyclic amines) is 1. The molecule has 0 aromatic heterocycles. The number of nitrogens with zero attached hydrogens (tertiary/aromatic N) is 1. The Bertz CT molecular complexity index is 548. The molecule has 1 saturated heterocycles. The molecule has 0 aliphatic carbocycles. The molecule has 1 heterocycles. The van der Waals surface area contributed by atoms with E-state index in [1.165, 1.54) is 17.9 Å². The van der Waals surface area contributed by atoms with Crippen LogP contribution in [0, 0.1) is 18.6 Å². The van der Waals surface area contributed by atoms with Gasteiger partial charge in [-0.3, -0.25) is 4.79 Å². The highest BCUT2D eigenvalue weighted by Gasteiger charge is 2.32. The number of hydrogen-bond donors (Lipinski definition) is 1. The van der Waals surface area contributed by atoms with E-state index in [9.17, 15) is 13.6 Å². The predicted molar refractivity (Wildman–Crippen MR) is 71.9 cm³/mol. The van der Waals surface area contributed by atoms with E-state index in [1.807, 2.05) is 0 Å². The largest absolute Gasteiger partial charge is 0.392 e. The fraction of sp³-hybridized carbons (Fsp3) is 0.385.